The molecule has 0 spiro atoms. The normalized spacial score (nSPS) is 9.53. The molecule has 0 aromatic heterocycles. The average molecular weight is 254 g/mol. The van der Waals surface area contributed by atoms with Gasteiger partial charge >= 0.3 is 6.09 Å². The van der Waals surface area contributed by atoms with Crippen molar-refractivity contribution in [1.82, 2.24) is 0 Å². The molecule has 0 aliphatic heterocycles. The summed E-state index contributed by atoms with van der Waals surface area (Å²) in [5, 5.41) is 2.77. The highest BCUT2D eigenvalue weighted by molar-refractivity contribution is 6.34. The molecule has 0 unspecified atom stereocenters. The molecule has 4 nitrogen and oxygen atoms in total. The lowest BCUT2D eigenvalue weighted by Crippen LogP contribution is -2.13. The maximum atomic E-state index is 11.2. The molecule has 0 fully saturated rings. The molecule has 1 aromatic rings. The summed E-state index contributed by atoms with van der Waals surface area (Å²) in [4.78, 5) is 22.3. The van der Waals surface area contributed by atoms with Crippen LogP contribution in [0.1, 0.15) is 17.3 Å². The minimum atomic E-state index is -0.600. The van der Waals surface area contributed by atoms with Crippen LogP contribution in [0.15, 0.2) is 30.9 Å². The maximum absolute atomic E-state index is 11.2. The van der Waals surface area contributed by atoms with Gasteiger partial charge in [-0.05, 0) is 25.1 Å². The topological polar surface area (TPSA) is 55.4 Å². The van der Waals surface area contributed by atoms with Crippen LogP contribution < -0.4 is 5.32 Å². The van der Waals surface area contributed by atoms with Crippen molar-refractivity contribution in [2.24, 2.45) is 0 Å². The lowest BCUT2D eigenvalue weighted by atomic mass is 10.1. The number of benzene rings is 1. The summed E-state index contributed by atoms with van der Waals surface area (Å²) in [6, 6.07) is 4.62. The minimum Gasteiger partial charge on any atom is -0.445 e. The third kappa shape index (κ3) is 3.92. The number of rotatable bonds is 4. The second-order valence-corrected chi connectivity index (χ2v) is 3.67. The molecule has 1 aromatic carbocycles. The molecule has 0 aliphatic rings. The third-order valence-corrected chi connectivity index (χ3v) is 2.24. The molecule has 0 saturated carbocycles. The SMILES string of the molecule is C=CCOC(=O)Nc1ccc(C(C)=O)c(Cl)c1. The maximum Gasteiger partial charge on any atom is 0.411 e. The number of amides is 1. The Balaban J connectivity index is 2.74. The minimum absolute atomic E-state index is 0.129. The van der Waals surface area contributed by atoms with E-state index in [4.69, 9.17) is 16.3 Å². The number of carbonyl (C=O) groups is 2. The number of hydrogen-bond donors (Lipinski definition) is 1. The zero-order valence-electron chi connectivity index (χ0n) is 9.33. The van der Waals surface area contributed by atoms with E-state index < -0.39 is 6.09 Å². The Labute approximate surface area is 104 Å². The van der Waals surface area contributed by atoms with Gasteiger partial charge in [-0.25, -0.2) is 4.79 Å². The van der Waals surface area contributed by atoms with Crippen LogP contribution in [0.5, 0.6) is 0 Å². The van der Waals surface area contributed by atoms with Crippen molar-refractivity contribution in [2.45, 2.75) is 6.92 Å². The van der Waals surface area contributed by atoms with Crippen LogP contribution in [0.3, 0.4) is 0 Å². The number of ether oxygens (including phenoxy) is 1. The first-order valence-electron chi connectivity index (χ1n) is 4.89. The van der Waals surface area contributed by atoms with E-state index in [1.54, 1.807) is 12.1 Å². The van der Waals surface area contributed by atoms with Gasteiger partial charge in [-0.1, -0.05) is 24.3 Å². The number of ketones is 1. The first-order valence-corrected chi connectivity index (χ1v) is 5.27. The fourth-order valence-electron chi connectivity index (χ4n) is 1.17. The quantitative estimate of drug-likeness (QED) is 0.662. The zero-order chi connectivity index (χ0) is 12.8. The van der Waals surface area contributed by atoms with Crippen molar-refractivity contribution in [1.29, 1.82) is 0 Å². The molecule has 0 radical (unpaired) electrons. The number of anilines is 1. The molecular formula is C12H12ClNO3. The predicted octanol–water partition coefficient (Wildman–Crippen LogP) is 3.28. The lowest BCUT2D eigenvalue weighted by Gasteiger charge is -2.07. The average Bonchev–Trinajstić information content (AvgIpc) is 2.26. The van der Waals surface area contributed by atoms with Gasteiger partial charge in [0.15, 0.2) is 5.78 Å². The number of carbonyl (C=O) groups excluding carboxylic acids is 2. The second kappa shape index (κ2) is 6.06. The van der Waals surface area contributed by atoms with E-state index in [2.05, 4.69) is 11.9 Å². The Kier molecular flexibility index (Phi) is 4.72. The molecule has 1 rings (SSSR count). The predicted molar refractivity (Wildman–Crippen MR) is 66.6 cm³/mol. The number of hydrogen-bond acceptors (Lipinski definition) is 3. The van der Waals surface area contributed by atoms with Gasteiger partial charge in [0.1, 0.15) is 6.61 Å². The monoisotopic (exact) mass is 253 g/mol. The Bertz CT molecular complexity index is 457. The van der Waals surface area contributed by atoms with E-state index in [1.165, 1.54) is 19.1 Å². The van der Waals surface area contributed by atoms with Crippen LogP contribution >= 0.6 is 11.6 Å². The van der Waals surface area contributed by atoms with Crippen molar-refractivity contribution >= 4 is 29.2 Å². The fourth-order valence-corrected chi connectivity index (χ4v) is 1.48. The van der Waals surface area contributed by atoms with Crippen LogP contribution in [-0.4, -0.2) is 18.5 Å². The number of Topliss-reactive ketones (excluding diaryl/α,β-unsaturated/α-hetero) is 1. The second-order valence-electron chi connectivity index (χ2n) is 3.26. The molecule has 90 valence electrons. The van der Waals surface area contributed by atoms with E-state index in [9.17, 15) is 9.59 Å². The smallest absolute Gasteiger partial charge is 0.411 e. The molecule has 0 heterocycles. The Morgan fingerprint density at radius 1 is 1.53 bits per heavy atom. The third-order valence-electron chi connectivity index (χ3n) is 1.93. The Morgan fingerprint density at radius 2 is 2.24 bits per heavy atom. The van der Waals surface area contributed by atoms with E-state index in [0.29, 0.717) is 16.3 Å². The highest BCUT2D eigenvalue weighted by Gasteiger charge is 2.08. The molecular weight excluding hydrogens is 242 g/mol. The molecule has 1 N–H and O–H groups in total. The van der Waals surface area contributed by atoms with Crippen LogP contribution in [0.25, 0.3) is 0 Å². The van der Waals surface area contributed by atoms with Crippen molar-refractivity contribution in [2.75, 3.05) is 11.9 Å². The van der Waals surface area contributed by atoms with E-state index in [0.717, 1.165) is 0 Å². The molecule has 0 atom stereocenters. The van der Waals surface area contributed by atoms with Crippen LogP contribution in [0.2, 0.25) is 5.02 Å². The zero-order valence-corrected chi connectivity index (χ0v) is 10.1. The number of nitrogens with one attached hydrogen (secondary N) is 1. The molecule has 0 saturated heterocycles. The first-order chi connectivity index (χ1) is 8.04. The summed E-state index contributed by atoms with van der Waals surface area (Å²) in [5.74, 6) is -0.129. The Morgan fingerprint density at radius 3 is 2.76 bits per heavy atom. The van der Waals surface area contributed by atoms with Gasteiger partial charge < -0.3 is 4.74 Å². The van der Waals surface area contributed by atoms with Gasteiger partial charge in [0.2, 0.25) is 0 Å². The highest BCUT2D eigenvalue weighted by atomic mass is 35.5. The summed E-state index contributed by atoms with van der Waals surface area (Å²) in [7, 11) is 0. The molecule has 17 heavy (non-hydrogen) atoms. The standard InChI is InChI=1S/C12H12ClNO3/c1-3-6-17-12(16)14-9-4-5-10(8(2)15)11(13)7-9/h3-5,7H,1,6H2,2H3,(H,14,16). The summed E-state index contributed by atoms with van der Waals surface area (Å²) in [5.41, 5.74) is 0.880. The summed E-state index contributed by atoms with van der Waals surface area (Å²) >= 11 is 5.88. The van der Waals surface area contributed by atoms with Crippen molar-refractivity contribution in [3.05, 3.63) is 41.4 Å². The van der Waals surface area contributed by atoms with Crippen LogP contribution in [0, 0.1) is 0 Å². The first kappa shape index (κ1) is 13.3. The summed E-state index contributed by atoms with van der Waals surface area (Å²) < 4.78 is 4.73. The molecule has 0 aliphatic carbocycles. The van der Waals surface area contributed by atoms with Gasteiger partial charge in [-0.2, -0.15) is 0 Å². The molecule has 1 amide bonds. The van der Waals surface area contributed by atoms with Crippen LogP contribution in [0.4, 0.5) is 10.5 Å². The van der Waals surface area contributed by atoms with Gasteiger partial charge in [-0.3, -0.25) is 10.1 Å². The summed E-state index contributed by atoms with van der Waals surface area (Å²) in [6.07, 6.45) is 0.863. The fraction of sp³-hybridized carbons (Fsp3) is 0.167. The summed E-state index contributed by atoms with van der Waals surface area (Å²) in [6.45, 7) is 4.97. The van der Waals surface area contributed by atoms with E-state index in [1.807, 2.05) is 0 Å². The highest BCUT2D eigenvalue weighted by Crippen LogP contribution is 2.21. The van der Waals surface area contributed by atoms with Gasteiger partial charge in [0, 0.05) is 11.3 Å². The lowest BCUT2D eigenvalue weighted by molar-refractivity contribution is 0.101. The van der Waals surface area contributed by atoms with Crippen molar-refractivity contribution in [3.8, 4) is 0 Å². The van der Waals surface area contributed by atoms with Crippen molar-refractivity contribution < 1.29 is 14.3 Å². The van der Waals surface area contributed by atoms with E-state index >= 15 is 0 Å². The number of halogens is 1. The Hall–Kier alpha value is -1.81. The van der Waals surface area contributed by atoms with E-state index in [-0.39, 0.29) is 12.4 Å². The van der Waals surface area contributed by atoms with Gasteiger partial charge in [0.05, 0.1) is 5.02 Å². The molecule has 5 heteroatoms. The van der Waals surface area contributed by atoms with Crippen LogP contribution in [-0.2, 0) is 4.74 Å². The largest absolute Gasteiger partial charge is 0.445 e. The van der Waals surface area contributed by atoms with Gasteiger partial charge in [-0.15, -0.1) is 0 Å². The van der Waals surface area contributed by atoms with Gasteiger partial charge in [0.25, 0.3) is 0 Å². The molecule has 0 bridgehead atoms. The van der Waals surface area contributed by atoms with Crippen molar-refractivity contribution in [3.63, 3.8) is 0 Å².